The molecule has 0 aromatic heterocycles. The van der Waals surface area contributed by atoms with E-state index in [1.165, 1.54) is 11.0 Å². The number of hydrogen-bond donors (Lipinski definition) is 0. The van der Waals surface area contributed by atoms with E-state index in [1.54, 1.807) is 68.2 Å². The van der Waals surface area contributed by atoms with Gasteiger partial charge in [-0.1, -0.05) is 18.2 Å². The first-order valence-corrected chi connectivity index (χ1v) is 13.0. The van der Waals surface area contributed by atoms with Crippen molar-refractivity contribution in [2.45, 2.75) is 51.5 Å². The van der Waals surface area contributed by atoms with E-state index in [1.807, 2.05) is 6.07 Å². The summed E-state index contributed by atoms with van der Waals surface area (Å²) in [6, 6.07) is 11.0. The summed E-state index contributed by atoms with van der Waals surface area (Å²) in [7, 11) is 5.13. The molecule has 3 amide bonds. The van der Waals surface area contributed by atoms with Crippen LogP contribution in [0.15, 0.2) is 42.5 Å². The van der Waals surface area contributed by atoms with E-state index in [0.717, 1.165) is 19.3 Å². The average Bonchev–Trinajstić information content (AvgIpc) is 2.90. The first-order chi connectivity index (χ1) is 17.7. The average molecular weight is 512 g/mol. The summed E-state index contributed by atoms with van der Waals surface area (Å²) in [5, 5.41) is 0. The quantitative estimate of drug-likeness (QED) is 0.534. The summed E-state index contributed by atoms with van der Waals surface area (Å²) in [5.74, 6) is -0.463. The van der Waals surface area contributed by atoms with Crippen molar-refractivity contribution in [1.29, 1.82) is 0 Å². The molecule has 0 saturated heterocycles. The second kappa shape index (κ2) is 13.2. The van der Waals surface area contributed by atoms with Crippen molar-refractivity contribution in [2.75, 3.05) is 40.8 Å². The smallest absolute Gasteiger partial charge is 0.258 e. The Morgan fingerprint density at radius 1 is 1.08 bits per heavy atom. The lowest BCUT2D eigenvalue weighted by molar-refractivity contribution is -0.134. The highest BCUT2D eigenvalue weighted by Crippen LogP contribution is 2.23. The van der Waals surface area contributed by atoms with Gasteiger partial charge in [0.15, 0.2) is 0 Å². The van der Waals surface area contributed by atoms with Crippen LogP contribution in [-0.4, -0.2) is 79.3 Å². The zero-order valence-electron chi connectivity index (χ0n) is 22.3. The van der Waals surface area contributed by atoms with E-state index in [9.17, 15) is 18.8 Å². The Balaban J connectivity index is 1.68. The molecule has 0 aliphatic carbocycles. The number of ether oxygens (including phenoxy) is 1. The van der Waals surface area contributed by atoms with Crippen molar-refractivity contribution in [3.05, 3.63) is 65.0 Å². The van der Waals surface area contributed by atoms with Gasteiger partial charge in [-0.05, 0) is 75.3 Å². The normalized spacial score (nSPS) is 17.3. The highest BCUT2D eigenvalue weighted by atomic mass is 19.1. The van der Waals surface area contributed by atoms with E-state index >= 15 is 0 Å². The van der Waals surface area contributed by atoms with Crippen molar-refractivity contribution in [1.82, 2.24) is 14.7 Å². The van der Waals surface area contributed by atoms with Crippen LogP contribution in [-0.2, 0) is 4.79 Å². The predicted molar refractivity (Wildman–Crippen MR) is 141 cm³/mol. The maximum absolute atomic E-state index is 13.9. The van der Waals surface area contributed by atoms with E-state index in [0.29, 0.717) is 61.4 Å². The summed E-state index contributed by atoms with van der Waals surface area (Å²) in [6.45, 7) is 3.26. The van der Waals surface area contributed by atoms with Gasteiger partial charge in [0.25, 0.3) is 11.8 Å². The summed E-state index contributed by atoms with van der Waals surface area (Å²) in [4.78, 5) is 44.3. The summed E-state index contributed by atoms with van der Waals surface area (Å²) >= 11 is 0. The molecule has 0 unspecified atom stereocenters. The number of aryl methyl sites for hydroxylation is 1. The maximum Gasteiger partial charge on any atom is 0.258 e. The largest absolute Gasteiger partial charge is 0.493 e. The maximum atomic E-state index is 13.9. The third-order valence-electron chi connectivity index (χ3n) is 6.95. The minimum Gasteiger partial charge on any atom is -0.493 e. The Morgan fingerprint density at radius 2 is 1.84 bits per heavy atom. The van der Waals surface area contributed by atoms with E-state index in [-0.39, 0.29) is 17.7 Å². The number of para-hydroxylation sites is 1. The number of halogens is 1. The van der Waals surface area contributed by atoms with Gasteiger partial charge in [0.2, 0.25) is 5.91 Å². The van der Waals surface area contributed by atoms with Crippen molar-refractivity contribution in [3.63, 3.8) is 0 Å². The number of benzene rings is 2. The number of nitrogens with zero attached hydrogens (tertiary/aromatic N) is 3. The molecule has 1 aliphatic rings. The van der Waals surface area contributed by atoms with Crippen LogP contribution in [0.4, 0.5) is 4.39 Å². The van der Waals surface area contributed by atoms with Crippen molar-refractivity contribution in [3.8, 4) is 5.75 Å². The molecule has 0 bridgehead atoms. The second-order valence-corrected chi connectivity index (χ2v) is 9.78. The standard InChI is InChI=1S/C29H38FN3O4/c1-21-15-16-22(20-24(21)30)27(34)31(2)18-10-8-13-25-29(36)32(3)17-9-5-11-19-37-26-14-7-6-12-23(26)28(35)33(25)4/h6-7,12,14-16,20,25H,5,8-11,13,17-19H2,1-4H3/t25-/m0/s1. The molecule has 0 saturated carbocycles. The van der Waals surface area contributed by atoms with E-state index < -0.39 is 11.9 Å². The van der Waals surface area contributed by atoms with Crippen LogP contribution in [0.25, 0.3) is 0 Å². The highest BCUT2D eigenvalue weighted by molar-refractivity contribution is 5.99. The van der Waals surface area contributed by atoms with Gasteiger partial charge < -0.3 is 19.4 Å². The van der Waals surface area contributed by atoms with Gasteiger partial charge in [0, 0.05) is 39.8 Å². The van der Waals surface area contributed by atoms with Crippen molar-refractivity contribution < 1.29 is 23.5 Å². The first kappa shape index (κ1) is 28.2. The molecule has 37 heavy (non-hydrogen) atoms. The third-order valence-corrected chi connectivity index (χ3v) is 6.95. The number of likely N-dealkylation sites (N-methyl/N-ethyl adjacent to an activating group) is 2. The fourth-order valence-corrected chi connectivity index (χ4v) is 4.49. The van der Waals surface area contributed by atoms with Crippen LogP contribution in [0.2, 0.25) is 0 Å². The van der Waals surface area contributed by atoms with Gasteiger partial charge in [0.05, 0.1) is 12.2 Å². The fraction of sp³-hybridized carbons (Fsp3) is 0.483. The molecule has 2 aromatic rings. The molecule has 1 atom stereocenters. The molecule has 0 N–H and O–H groups in total. The lowest BCUT2D eigenvalue weighted by Crippen LogP contribution is -2.48. The molecule has 3 rings (SSSR count). The summed E-state index contributed by atoms with van der Waals surface area (Å²) < 4.78 is 19.8. The fourth-order valence-electron chi connectivity index (χ4n) is 4.49. The monoisotopic (exact) mass is 511 g/mol. The molecule has 0 spiro atoms. The van der Waals surface area contributed by atoms with Crippen molar-refractivity contribution >= 4 is 17.7 Å². The Hall–Kier alpha value is -3.42. The molecule has 1 aliphatic heterocycles. The van der Waals surface area contributed by atoms with Gasteiger partial charge in [-0.2, -0.15) is 0 Å². The minimum absolute atomic E-state index is 0.0898. The Labute approximate surface area is 219 Å². The van der Waals surface area contributed by atoms with Crippen LogP contribution in [0, 0.1) is 12.7 Å². The first-order valence-electron chi connectivity index (χ1n) is 13.0. The second-order valence-electron chi connectivity index (χ2n) is 9.78. The minimum atomic E-state index is -0.626. The predicted octanol–water partition coefficient (Wildman–Crippen LogP) is 4.54. The van der Waals surface area contributed by atoms with Crippen LogP contribution < -0.4 is 4.74 Å². The number of fused-ring (bicyclic) bond motifs is 1. The number of amides is 3. The number of unbranched alkanes of at least 4 members (excludes halogenated alkanes) is 1. The molecule has 0 fully saturated rings. The van der Waals surface area contributed by atoms with Crippen LogP contribution in [0.1, 0.15) is 64.8 Å². The molecule has 0 radical (unpaired) electrons. The van der Waals surface area contributed by atoms with Gasteiger partial charge >= 0.3 is 0 Å². The molecule has 1 heterocycles. The number of hydrogen-bond acceptors (Lipinski definition) is 4. The zero-order valence-corrected chi connectivity index (χ0v) is 22.3. The molecule has 200 valence electrons. The van der Waals surface area contributed by atoms with Gasteiger partial charge in [-0.25, -0.2) is 4.39 Å². The molecule has 8 heteroatoms. The highest BCUT2D eigenvalue weighted by Gasteiger charge is 2.31. The van der Waals surface area contributed by atoms with Gasteiger partial charge in [-0.3, -0.25) is 14.4 Å². The van der Waals surface area contributed by atoms with Crippen LogP contribution in [0.3, 0.4) is 0 Å². The molecular weight excluding hydrogens is 473 g/mol. The summed E-state index contributed by atoms with van der Waals surface area (Å²) in [5.41, 5.74) is 1.25. The zero-order chi connectivity index (χ0) is 26.9. The molecular formula is C29H38FN3O4. The Bertz CT molecular complexity index is 1110. The lowest BCUT2D eigenvalue weighted by atomic mass is 10.0. The van der Waals surface area contributed by atoms with E-state index in [4.69, 9.17) is 4.74 Å². The van der Waals surface area contributed by atoms with Crippen molar-refractivity contribution in [2.24, 2.45) is 0 Å². The van der Waals surface area contributed by atoms with Crippen LogP contribution in [0.5, 0.6) is 5.75 Å². The Morgan fingerprint density at radius 3 is 2.59 bits per heavy atom. The molecule has 7 nitrogen and oxygen atoms in total. The number of carbonyl (C=O) groups is 3. The number of carbonyl (C=O) groups excluding carboxylic acids is 3. The van der Waals surface area contributed by atoms with Crippen LogP contribution >= 0.6 is 0 Å². The molecule has 2 aromatic carbocycles. The SMILES string of the molecule is Cc1ccc(C(=O)N(C)CCCC[C@H]2C(=O)N(C)CCCCCOc3ccccc3C(=O)N2C)cc1F. The van der Waals surface area contributed by atoms with Gasteiger partial charge in [-0.15, -0.1) is 0 Å². The van der Waals surface area contributed by atoms with Gasteiger partial charge in [0.1, 0.15) is 17.6 Å². The topological polar surface area (TPSA) is 70.2 Å². The van der Waals surface area contributed by atoms with E-state index in [2.05, 4.69) is 0 Å². The number of rotatable bonds is 6. The Kier molecular flexibility index (Phi) is 10.1. The summed E-state index contributed by atoms with van der Waals surface area (Å²) in [6.07, 6.45) is 4.40. The lowest BCUT2D eigenvalue weighted by Gasteiger charge is -2.31. The third kappa shape index (κ3) is 7.31.